The van der Waals surface area contributed by atoms with Gasteiger partial charge in [-0.2, -0.15) is 0 Å². The molecule has 7 nitrogen and oxygen atoms in total. The molecular formula is C18H20N4O3. The van der Waals surface area contributed by atoms with Crippen molar-refractivity contribution in [2.75, 3.05) is 6.61 Å². The number of benzene rings is 1. The number of imidazole rings is 1. The van der Waals surface area contributed by atoms with Crippen molar-refractivity contribution in [1.29, 1.82) is 0 Å². The molecule has 0 saturated carbocycles. The molecule has 0 bridgehead atoms. The fourth-order valence-electron chi connectivity index (χ4n) is 2.79. The Kier molecular flexibility index (Phi) is 4.83. The number of nitrogens with zero attached hydrogens (tertiary/aromatic N) is 2. The van der Waals surface area contributed by atoms with Crippen LogP contribution in [0.15, 0.2) is 42.9 Å². The van der Waals surface area contributed by atoms with Crippen LogP contribution in [0.1, 0.15) is 23.1 Å². The Morgan fingerprint density at radius 2 is 2.16 bits per heavy atom. The second kappa shape index (κ2) is 7.21. The number of aromatic amines is 1. The van der Waals surface area contributed by atoms with E-state index in [1.807, 2.05) is 41.9 Å². The quantitative estimate of drug-likeness (QED) is 0.670. The number of para-hydroxylation sites is 1. The second-order valence-corrected chi connectivity index (χ2v) is 5.71. The Labute approximate surface area is 145 Å². The summed E-state index contributed by atoms with van der Waals surface area (Å²) >= 11 is 0. The van der Waals surface area contributed by atoms with E-state index in [1.165, 1.54) is 6.33 Å². The van der Waals surface area contributed by atoms with Crippen LogP contribution in [0.25, 0.3) is 10.9 Å². The third-order valence-electron chi connectivity index (χ3n) is 4.04. The lowest BCUT2D eigenvalue weighted by atomic mass is 10.1. The molecule has 2 aromatic heterocycles. The van der Waals surface area contributed by atoms with Crippen LogP contribution in [0, 0.1) is 0 Å². The highest BCUT2D eigenvalue weighted by atomic mass is 16.5. The summed E-state index contributed by atoms with van der Waals surface area (Å²) in [5, 5.41) is 3.74. The highest BCUT2D eigenvalue weighted by Crippen LogP contribution is 2.18. The van der Waals surface area contributed by atoms with Gasteiger partial charge in [0, 0.05) is 36.3 Å². The Bertz CT molecular complexity index is 883. The molecule has 3 rings (SSSR count). The van der Waals surface area contributed by atoms with E-state index >= 15 is 0 Å². The summed E-state index contributed by atoms with van der Waals surface area (Å²) in [6, 6.07) is 8.75. The van der Waals surface area contributed by atoms with Crippen LogP contribution < -0.4 is 5.32 Å². The van der Waals surface area contributed by atoms with Crippen LogP contribution in [-0.2, 0) is 23.0 Å². The number of aromatic nitrogens is 3. The van der Waals surface area contributed by atoms with Gasteiger partial charge in [0.2, 0.25) is 0 Å². The fourth-order valence-corrected chi connectivity index (χ4v) is 2.79. The van der Waals surface area contributed by atoms with Crippen LogP contribution >= 0.6 is 0 Å². The van der Waals surface area contributed by atoms with E-state index in [-0.39, 0.29) is 18.9 Å². The van der Waals surface area contributed by atoms with Crippen molar-refractivity contribution in [3.8, 4) is 0 Å². The average Bonchev–Trinajstić information content (AvgIpc) is 3.23. The molecule has 0 radical (unpaired) electrons. The number of fused-ring (bicyclic) bond motifs is 1. The van der Waals surface area contributed by atoms with E-state index in [9.17, 15) is 9.59 Å². The molecule has 0 aliphatic carbocycles. The zero-order valence-electron chi connectivity index (χ0n) is 14.2. The minimum Gasteiger partial charge on any atom is -0.464 e. The van der Waals surface area contributed by atoms with E-state index < -0.39 is 12.0 Å². The predicted molar refractivity (Wildman–Crippen MR) is 93.1 cm³/mol. The Morgan fingerprint density at radius 3 is 2.84 bits per heavy atom. The number of rotatable bonds is 6. The summed E-state index contributed by atoms with van der Waals surface area (Å²) in [7, 11) is 1.82. The fraction of sp³-hybridized carbons (Fsp3) is 0.278. The zero-order valence-corrected chi connectivity index (χ0v) is 14.2. The number of carbonyl (C=O) groups is 2. The average molecular weight is 340 g/mol. The molecule has 1 amide bonds. The normalized spacial score (nSPS) is 12.1. The molecule has 7 heteroatoms. The van der Waals surface area contributed by atoms with Crippen molar-refractivity contribution in [3.05, 3.63) is 54.2 Å². The number of amides is 1. The van der Waals surface area contributed by atoms with Crippen LogP contribution in [0.3, 0.4) is 0 Å². The van der Waals surface area contributed by atoms with E-state index in [0.717, 1.165) is 16.6 Å². The van der Waals surface area contributed by atoms with E-state index in [4.69, 9.17) is 4.74 Å². The monoisotopic (exact) mass is 340 g/mol. The second-order valence-electron chi connectivity index (χ2n) is 5.71. The molecule has 1 atom stereocenters. The lowest BCUT2D eigenvalue weighted by molar-refractivity contribution is -0.145. The van der Waals surface area contributed by atoms with Gasteiger partial charge in [0.15, 0.2) is 0 Å². The number of aryl methyl sites for hydroxylation is 1. The lowest BCUT2D eigenvalue weighted by Crippen LogP contribution is -2.44. The molecule has 0 unspecified atom stereocenters. The van der Waals surface area contributed by atoms with Gasteiger partial charge in [-0.25, -0.2) is 9.78 Å². The molecule has 25 heavy (non-hydrogen) atoms. The van der Waals surface area contributed by atoms with Crippen molar-refractivity contribution in [2.45, 2.75) is 19.4 Å². The zero-order chi connectivity index (χ0) is 17.8. The first kappa shape index (κ1) is 16.8. The third kappa shape index (κ3) is 3.55. The minimum absolute atomic E-state index is 0.252. The van der Waals surface area contributed by atoms with Gasteiger partial charge in [0.25, 0.3) is 5.91 Å². The molecule has 1 aromatic carbocycles. The molecule has 130 valence electrons. The van der Waals surface area contributed by atoms with Gasteiger partial charge >= 0.3 is 5.97 Å². The van der Waals surface area contributed by atoms with E-state index in [0.29, 0.717) is 5.69 Å². The molecule has 0 saturated heterocycles. The van der Waals surface area contributed by atoms with Gasteiger partial charge in [-0.15, -0.1) is 0 Å². The van der Waals surface area contributed by atoms with Gasteiger partial charge < -0.3 is 19.6 Å². The molecule has 2 N–H and O–H groups in total. The van der Waals surface area contributed by atoms with Crippen molar-refractivity contribution < 1.29 is 14.3 Å². The summed E-state index contributed by atoms with van der Waals surface area (Å²) < 4.78 is 6.89. The molecule has 2 heterocycles. The third-order valence-corrected chi connectivity index (χ3v) is 4.04. The van der Waals surface area contributed by atoms with Gasteiger partial charge in [0.1, 0.15) is 11.7 Å². The van der Waals surface area contributed by atoms with Crippen LogP contribution in [0.5, 0.6) is 0 Å². The molecule has 0 aliphatic heterocycles. The summed E-state index contributed by atoms with van der Waals surface area (Å²) in [6.45, 7) is 1.99. The first-order valence-electron chi connectivity index (χ1n) is 8.09. The van der Waals surface area contributed by atoms with Gasteiger partial charge in [-0.1, -0.05) is 18.2 Å². The maximum Gasteiger partial charge on any atom is 0.329 e. The van der Waals surface area contributed by atoms with E-state index in [2.05, 4.69) is 15.3 Å². The van der Waals surface area contributed by atoms with Crippen LogP contribution in [-0.4, -0.2) is 39.1 Å². The molecule has 0 fully saturated rings. The Balaban J connectivity index is 1.83. The maximum atomic E-state index is 12.7. The maximum absolute atomic E-state index is 12.7. The number of H-pyrrole nitrogens is 1. The number of ether oxygens (including phenoxy) is 1. The van der Waals surface area contributed by atoms with Gasteiger partial charge in [-0.3, -0.25) is 4.79 Å². The number of hydrogen-bond acceptors (Lipinski definition) is 4. The van der Waals surface area contributed by atoms with Gasteiger partial charge in [-0.05, 0) is 19.1 Å². The molecule has 0 aliphatic rings. The van der Waals surface area contributed by atoms with Crippen molar-refractivity contribution in [1.82, 2.24) is 19.9 Å². The SMILES string of the molecule is CCOC(=O)[C@H](Cc1cnc[nH]1)NC(=O)c1cc2ccccc2n1C. The standard InChI is InChI=1S/C18H20N4O3/c1-3-25-18(24)14(9-13-10-19-11-20-13)21-17(23)16-8-12-6-4-5-7-15(12)22(16)2/h4-8,10-11,14H,3,9H2,1-2H3,(H,19,20)(H,21,23)/t14-/m0/s1. The molecule has 3 aromatic rings. The number of nitrogens with one attached hydrogen (secondary N) is 2. The summed E-state index contributed by atoms with van der Waals surface area (Å²) in [5.74, 6) is -0.791. The Morgan fingerprint density at radius 1 is 1.36 bits per heavy atom. The number of hydrogen-bond donors (Lipinski definition) is 2. The van der Waals surface area contributed by atoms with Crippen molar-refractivity contribution >= 4 is 22.8 Å². The van der Waals surface area contributed by atoms with E-state index in [1.54, 1.807) is 13.1 Å². The summed E-state index contributed by atoms with van der Waals surface area (Å²) in [4.78, 5) is 31.8. The smallest absolute Gasteiger partial charge is 0.329 e. The minimum atomic E-state index is -0.786. The first-order chi connectivity index (χ1) is 12.1. The number of esters is 1. The lowest BCUT2D eigenvalue weighted by Gasteiger charge is -2.17. The largest absolute Gasteiger partial charge is 0.464 e. The molecular weight excluding hydrogens is 320 g/mol. The highest BCUT2D eigenvalue weighted by molar-refractivity contribution is 6.00. The van der Waals surface area contributed by atoms with Crippen molar-refractivity contribution in [2.24, 2.45) is 7.05 Å². The van der Waals surface area contributed by atoms with Crippen molar-refractivity contribution in [3.63, 3.8) is 0 Å². The summed E-state index contributed by atoms with van der Waals surface area (Å²) in [6.07, 6.45) is 3.44. The topological polar surface area (TPSA) is 89.0 Å². The number of carbonyl (C=O) groups excluding carboxylic acids is 2. The molecule has 0 spiro atoms. The van der Waals surface area contributed by atoms with Crippen LogP contribution in [0.4, 0.5) is 0 Å². The summed E-state index contributed by atoms with van der Waals surface area (Å²) in [5.41, 5.74) is 2.18. The first-order valence-corrected chi connectivity index (χ1v) is 8.09. The van der Waals surface area contributed by atoms with Crippen LogP contribution in [0.2, 0.25) is 0 Å². The Hall–Kier alpha value is -3.09. The highest BCUT2D eigenvalue weighted by Gasteiger charge is 2.25. The van der Waals surface area contributed by atoms with Gasteiger partial charge in [0.05, 0.1) is 12.9 Å². The predicted octanol–water partition coefficient (Wildman–Crippen LogP) is 1.81.